The lowest BCUT2D eigenvalue weighted by Crippen LogP contribution is -2.14. The summed E-state index contributed by atoms with van der Waals surface area (Å²) in [6, 6.07) is 4.02. The van der Waals surface area contributed by atoms with E-state index in [1.165, 1.54) is 30.1 Å². The first-order valence-electron chi connectivity index (χ1n) is 6.37. The van der Waals surface area contributed by atoms with Crippen LogP contribution in [0.3, 0.4) is 0 Å². The molecule has 11 heteroatoms. The Morgan fingerprint density at radius 3 is 2.88 bits per heavy atom. The quantitative estimate of drug-likeness (QED) is 0.637. The molecule has 24 heavy (non-hydrogen) atoms. The monoisotopic (exact) mass is 434 g/mol. The smallest absolute Gasteiger partial charge is 0.265 e. The molecule has 0 unspecified atom stereocenters. The summed E-state index contributed by atoms with van der Waals surface area (Å²) >= 11 is 8.76. The number of hydrogen-bond donors (Lipinski definition) is 1. The SMILES string of the molecule is COc1nc(Br)c(F)cc1NS(=O)(=O)c1cnn2cc(Cl)ccc12. The van der Waals surface area contributed by atoms with Gasteiger partial charge in [-0.25, -0.2) is 22.3 Å². The summed E-state index contributed by atoms with van der Waals surface area (Å²) in [6.07, 6.45) is 2.64. The Balaban J connectivity index is 2.07. The maximum Gasteiger partial charge on any atom is 0.265 e. The number of anilines is 1. The van der Waals surface area contributed by atoms with E-state index in [0.717, 1.165) is 6.07 Å². The van der Waals surface area contributed by atoms with Gasteiger partial charge in [-0.1, -0.05) is 11.6 Å². The van der Waals surface area contributed by atoms with Crippen molar-refractivity contribution < 1.29 is 17.5 Å². The molecule has 0 spiro atoms. The maximum absolute atomic E-state index is 13.7. The van der Waals surface area contributed by atoms with E-state index in [-0.39, 0.29) is 21.1 Å². The van der Waals surface area contributed by atoms with Crippen LogP contribution in [0, 0.1) is 5.82 Å². The molecule has 1 N–H and O–H groups in total. The molecule has 0 aliphatic rings. The molecule has 0 bridgehead atoms. The Kier molecular flexibility index (Phi) is 4.37. The summed E-state index contributed by atoms with van der Waals surface area (Å²) in [6.45, 7) is 0. The van der Waals surface area contributed by atoms with Crippen LogP contribution in [0.1, 0.15) is 0 Å². The molecule has 0 saturated carbocycles. The Bertz CT molecular complexity index is 1040. The van der Waals surface area contributed by atoms with Crippen LogP contribution in [-0.2, 0) is 10.0 Å². The van der Waals surface area contributed by atoms with Crippen LogP contribution >= 0.6 is 27.5 Å². The zero-order valence-corrected chi connectivity index (χ0v) is 15.2. The minimum Gasteiger partial charge on any atom is -0.479 e. The van der Waals surface area contributed by atoms with Crippen molar-refractivity contribution in [3.05, 3.63) is 46.0 Å². The van der Waals surface area contributed by atoms with Crippen molar-refractivity contribution in [2.75, 3.05) is 11.8 Å². The number of methoxy groups -OCH3 is 1. The Hall–Kier alpha value is -1.91. The highest BCUT2D eigenvalue weighted by atomic mass is 79.9. The highest BCUT2D eigenvalue weighted by Crippen LogP contribution is 2.30. The van der Waals surface area contributed by atoms with Gasteiger partial charge in [-0.15, -0.1) is 0 Å². The lowest BCUT2D eigenvalue weighted by Gasteiger charge is -2.11. The second kappa shape index (κ2) is 6.19. The molecule has 3 aromatic heterocycles. The fraction of sp³-hybridized carbons (Fsp3) is 0.0769. The highest BCUT2D eigenvalue weighted by molar-refractivity contribution is 9.10. The van der Waals surface area contributed by atoms with Gasteiger partial charge in [-0.2, -0.15) is 5.10 Å². The van der Waals surface area contributed by atoms with E-state index in [4.69, 9.17) is 16.3 Å². The third-order valence-electron chi connectivity index (χ3n) is 3.07. The van der Waals surface area contributed by atoms with Crippen LogP contribution in [0.4, 0.5) is 10.1 Å². The molecule has 0 saturated heterocycles. The van der Waals surface area contributed by atoms with E-state index in [2.05, 4.69) is 30.7 Å². The molecule has 0 atom stereocenters. The zero-order chi connectivity index (χ0) is 17.5. The number of sulfonamides is 1. The first kappa shape index (κ1) is 16.9. The van der Waals surface area contributed by atoms with Gasteiger partial charge in [0.15, 0.2) is 5.82 Å². The maximum atomic E-state index is 13.7. The molecular formula is C13H9BrClFN4O3S. The summed E-state index contributed by atoms with van der Waals surface area (Å²) in [5, 5.41) is 4.35. The number of nitrogens with one attached hydrogen (secondary N) is 1. The van der Waals surface area contributed by atoms with E-state index in [1.807, 2.05) is 0 Å². The number of pyridine rings is 2. The first-order valence-corrected chi connectivity index (χ1v) is 9.03. The fourth-order valence-corrected chi connectivity index (χ4v) is 3.62. The van der Waals surface area contributed by atoms with Crippen LogP contribution < -0.4 is 9.46 Å². The third-order valence-corrected chi connectivity index (χ3v) is 5.23. The Morgan fingerprint density at radius 2 is 2.17 bits per heavy atom. The predicted octanol–water partition coefficient (Wildman–Crippen LogP) is 3.09. The van der Waals surface area contributed by atoms with Gasteiger partial charge in [0, 0.05) is 12.3 Å². The number of nitrogens with zero attached hydrogens (tertiary/aromatic N) is 3. The second-order valence-electron chi connectivity index (χ2n) is 4.61. The van der Waals surface area contributed by atoms with Crippen molar-refractivity contribution >= 4 is 48.8 Å². The summed E-state index contributed by atoms with van der Waals surface area (Å²) in [4.78, 5) is 3.69. The average molecular weight is 436 g/mol. The van der Waals surface area contributed by atoms with Gasteiger partial charge in [0.05, 0.1) is 23.8 Å². The standard InChI is InChI=1S/C13H9BrClFN4O3S/c1-23-13-9(4-8(16)12(14)18-13)19-24(21,22)11-5-17-20-6-7(15)2-3-10(11)20/h2-6,19H,1H3. The molecule has 0 aromatic carbocycles. The van der Waals surface area contributed by atoms with E-state index in [0.29, 0.717) is 10.5 Å². The van der Waals surface area contributed by atoms with Gasteiger partial charge in [0.1, 0.15) is 15.2 Å². The number of rotatable bonds is 4. The lowest BCUT2D eigenvalue weighted by molar-refractivity contribution is 0.397. The minimum atomic E-state index is -4.05. The molecule has 7 nitrogen and oxygen atoms in total. The van der Waals surface area contributed by atoms with Crippen LogP contribution in [-0.4, -0.2) is 30.1 Å². The molecule has 0 radical (unpaired) electrons. The molecule has 126 valence electrons. The van der Waals surface area contributed by atoms with Crippen molar-refractivity contribution in [3.63, 3.8) is 0 Å². The normalized spacial score (nSPS) is 11.7. The van der Waals surface area contributed by atoms with Crippen LogP contribution in [0.15, 0.2) is 40.1 Å². The van der Waals surface area contributed by atoms with Gasteiger partial charge < -0.3 is 4.74 Å². The number of hydrogen-bond acceptors (Lipinski definition) is 5. The van der Waals surface area contributed by atoms with Gasteiger partial charge in [-0.05, 0) is 28.1 Å². The lowest BCUT2D eigenvalue weighted by atomic mass is 10.4. The molecule has 0 amide bonds. The highest BCUT2D eigenvalue weighted by Gasteiger charge is 2.23. The summed E-state index contributed by atoms with van der Waals surface area (Å²) in [5.74, 6) is -0.813. The van der Waals surface area contributed by atoms with Gasteiger partial charge in [-0.3, -0.25) is 4.72 Å². The topological polar surface area (TPSA) is 85.6 Å². The molecule has 0 fully saturated rings. The van der Waals surface area contributed by atoms with Crippen molar-refractivity contribution in [1.29, 1.82) is 0 Å². The molecule has 3 aromatic rings. The Morgan fingerprint density at radius 1 is 1.42 bits per heavy atom. The first-order chi connectivity index (χ1) is 11.3. The number of halogens is 3. The molecule has 0 aliphatic heterocycles. The molecule has 0 aliphatic carbocycles. The van der Waals surface area contributed by atoms with E-state index >= 15 is 0 Å². The van der Waals surface area contributed by atoms with Gasteiger partial charge in [0.25, 0.3) is 10.0 Å². The van der Waals surface area contributed by atoms with Crippen molar-refractivity contribution in [3.8, 4) is 5.88 Å². The van der Waals surface area contributed by atoms with E-state index in [1.54, 1.807) is 6.07 Å². The van der Waals surface area contributed by atoms with Crippen molar-refractivity contribution in [1.82, 2.24) is 14.6 Å². The summed E-state index contributed by atoms with van der Waals surface area (Å²) < 4.78 is 47.4. The van der Waals surface area contributed by atoms with E-state index < -0.39 is 15.8 Å². The summed E-state index contributed by atoms with van der Waals surface area (Å²) in [5.41, 5.74) is 0.183. The largest absolute Gasteiger partial charge is 0.479 e. The molecule has 3 heterocycles. The Labute approximate surface area is 149 Å². The van der Waals surface area contributed by atoms with Crippen molar-refractivity contribution in [2.45, 2.75) is 4.90 Å². The van der Waals surface area contributed by atoms with E-state index in [9.17, 15) is 12.8 Å². The predicted molar refractivity (Wildman–Crippen MR) is 89.5 cm³/mol. The van der Waals surface area contributed by atoms with Gasteiger partial charge >= 0.3 is 0 Å². The second-order valence-corrected chi connectivity index (χ2v) is 7.45. The zero-order valence-electron chi connectivity index (χ0n) is 12.0. The number of fused-ring (bicyclic) bond motifs is 1. The van der Waals surface area contributed by atoms with Crippen LogP contribution in [0.25, 0.3) is 5.52 Å². The van der Waals surface area contributed by atoms with Crippen LogP contribution in [0.5, 0.6) is 5.88 Å². The minimum absolute atomic E-state index is 0.0774. The number of ether oxygens (including phenoxy) is 1. The fourth-order valence-electron chi connectivity index (χ4n) is 2.02. The number of aromatic nitrogens is 3. The van der Waals surface area contributed by atoms with Gasteiger partial charge in [0.2, 0.25) is 5.88 Å². The van der Waals surface area contributed by atoms with Crippen LogP contribution in [0.2, 0.25) is 5.02 Å². The third kappa shape index (κ3) is 3.04. The van der Waals surface area contributed by atoms with Crippen molar-refractivity contribution in [2.24, 2.45) is 0 Å². The summed E-state index contributed by atoms with van der Waals surface area (Å²) in [7, 11) is -2.76. The average Bonchev–Trinajstić information content (AvgIpc) is 2.94. The molecule has 3 rings (SSSR count). The molecular weight excluding hydrogens is 427 g/mol.